The predicted octanol–water partition coefficient (Wildman–Crippen LogP) is 3.21. The molecule has 1 aromatic rings. The van der Waals surface area contributed by atoms with Crippen molar-refractivity contribution in [2.24, 2.45) is 16.3 Å². The molecule has 1 aliphatic rings. The first-order valence-corrected chi connectivity index (χ1v) is 9.53. The summed E-state index contributed by atoms with van der Waals surface area (Å²) in [5.74, 6) is 1.36. The van der Waals surface area contributed by atoms with Gasteiger partial charge in [0.25, 0.3) is 0 Å². The van der Waals surface area contributed by atoms with Gasteiger partial charge in [0.05, 0.1) is 18.8 Å². The SMILES string of the molecule is CCNC(=NCC1CCCOC1C(C)(C)C)NCCn1cc(C)cn1.I. The highest BCUT2D eigenvalue weighted by Gasteiger charge is 2.35. The van der Waals surface area contributed by atoms with E-state index in [-0.39, 0.29) is 35.5 Å². The Balaban J connectivity index is 0.00000338. The number of hydrogen-bond donors (Lipinski definition) is 2. The van der Waals surface area contributed by atoms with Gasteiger partial charge < -0.3 is 15.4 Å². The standard InChI is InChI=1S/C19H35N5O.HI/c1-6-20-18(21-9-10-24-14-15(2)12-23-24)22-13-16-8-7-11-25-17(16)19(3,4)5;/h12,14,16-17H,6-11,13H2,1-5H3,(H2,20,21,22);1H. The van der Waals surface area contributed by atoms with Gasteiger partial charge in [0.2, 0.25) is 0 Å². The molecule has 2 atom stereocenters. The molecule has 2 N–H and O–H groups in total. The van der Waals surface area contributed by atoms with Crippen LogP contribution >= 0.6 is 24.0 Å². The Morgan fingerprint density at radius 1 is 1.38 bits per heavy atom. The maximum absolute atomic E-state index is 6.07. The van der Waals surface area contributed by atoms with Crippen LogP contribution in [0.4, 0.5) is 0 Å². The Labute approximate surface area is 175 Å². The maximum Gasteiger partial charge on any atom is 0.191 e. The molecule has 7 heteroatoms. The molecule has 0 bridgehead atoms. The molecule has 1 fully saturated rings. The van der Waals surface area contributed by atoms with Crippen molar-refractivity contribution < 1.29 is 4.74 Å². The van der Waals surface area contributed by atoms with Crippen LogP contribution in [0.5, 0.6) is 0 Å². The van der Waals surface area contributed by atoms with Gasteiger partial charge in [0.1, 0.15) is 0 Å². The normalized spacial score (nSPS) is 21.2. The van der Waals surface area contributed by atoms with Gasteiger partial charge in [-0.15, -0.1) is 24.0 Å². The van der Waals surface area contributed by atoms with Crippen molar-refractivity contribution in [3.05, 3.63) is 18.0 Å². The fourth-order valence-electron chi connectivity index (χ4n) is 3.42. The van der Waals surface area contributed by atoms with Gasteiger partial charge in [-0.05, 0) is 37.7 Å². The molecule has 0 amide bonds. The van der Waals surface area contributed by atoms with Crippen LogP contribution in [0.25, 0.3) is 0 Å². The summed E-state index contributed by atoms with van der Waals surface area (Å²) in [6.07, 6.45) is 6.54. The number of aliphatic imine (C=N–C) groups is 1. The average molecular weight is 477 g/mol. The largest absolute Gasteiger partial charge is 0.377 e. The van der Waals surface area contributed by atoms with Gasteiger partial charge in [0, 0.05) is 38.4 Å². The fraction of sp³-hybridized carbons (Fsp3) is 0.789. The summed E-state index contributed by atoms with van der Waals surface area (Å²) in [6.45, 7) is 15.1. The zero-order valence-electron chi connectivity index (χ0n) is 16.9. The minimum Gasteiger partial charge on any atom is -0.377 e. The number of halogens is 1. The van der Waals surface area contributed by atoms with Crippen molar-refractivity contribution in [3.8, 4) is 0 Å². The molecule has 1 saturated heterocycles. The van der Waals surface area contributed by atoms with Crippen molar-refractivity contribution in [1.29, 1.82) is 0 Å². The molecule has 6 nitrogen and oxygen atoms in total. The average Bonchev–Trinajstić information content (AvgIpc) is 2.97. The van der Waals surface area contributed by atoms with E-state index in [0.717, 1.165) is 45.2 Å². The summed E-state index contributed by atoms with van der Waals surface area (Å²) >= 11 is 0. The van der Waals surface area contributed by atoms with Crippen LogP contribution in [-0.2, 0) is 11.3 Å². The van der Waals surface area contributed by atoms with Crippen molar-refractivity contribution >= 4 is 29.9 Å². The quantitative estimate of drug-likeness (QED) is 0.375. The Hall–Kier alpha value is -0.830. The Morgan fingerprint density at radius 2 is 2.15 bits per heavy atom. The number of nitrogens with zero attached hydrogens (tertiary/aromatic N) is 3. The second-order valence-electron chi connectivity index (χ2n) is 7.99. The molecule has 0 saturated carbocycles. The summed E-state index contributed by atoms with van der Waals surface area (Å²) in [6, 6.07) is 0. The van der Waals surface area contributed by atoms with E-state index in [1.807, 2.05) is 10.9 Å². The summed E-state index contributed by atoms with van der Waals surface area (Å²) < 4.78 is 8.02. The van der Waals surface area contributed by atoms with E-state index >= 15 is 0 Å². The molecule has 1 aromatic heterocycles. The van der Waals surface area contributed by atoms with E-state index in [4.69, 9.17) is 9.73 Å². The molecule has 0 radical (unpaired) electrons. The summed E-state index contributed by atoms with van der Waals surface area (Å²) in [7, 11) is 0. The van der Waals surface area contributed by atoms with Gasteiger partial charge in [-0.1, -0.05) is 20.8 Å². The highest BCUT2D eigenvalue weighted by molar-refractivity contribution is 14.0. The van der Waals surface area contributed by atoms with Crippen molar-refractivity contribution in [1.82, 2.24) is 20.4 Å². The number of aryl methyl sites for hydroxylation is 1. The summed E-state index contributed by atoms with van der Waals surface area (Å²) in [5.41, 5.74) is 1.34. The van der Waals surface area contributed by atoms with E-state index in [9.17, 15) is 0 Å². The highest BCUT2D eigenvalue weighted by atomic mass is 127. The zero-order chi connectivity index (χ0) is 18.3. The minimum absolute atomic E-state index is 0. The monoisotopic (exact) mass is 477 g/mol. The van der Waals surface area contributed by atoms with Gasteiger partial charge in [-0.2, -0.15) is 5.10 Å². The second kappa shape index (κ2) is 11.1. The molecule has 0 spiro atoms. The number of aromatic nitrogens is 2. The summed E-state index contributed by atoms with van der Waals surface area (Å²) in [4.78, 5) is 4.82. The van der Waals surface area contributed by atoms with Gasteiger partial charge in [0.15, 0.2) is 5.96 Å². The van der Waals surface area contributed by atoms with Crippen LogP contribution in [0.2, 0.25) is 0 Å². The van der Waals surface area contributed by atoms with E-state index < -0.39 is 0 Å². The highest BCUT2D eigenvalue weighted by Crippen LogP contribution is 2.34. The lowest BCUT2D eigenvalue weighted by Gasteiger charge is -2.39. The van der Waals surface area contributed by atoms with E-state index in [1.54, 1.807) is 0 Å². The molecule has 2 heterocycles. The molecular weight excluding hydrogens is 441 g/mol. The number of rotatable bonds is 6. The van der Waals surface area contributed by atoms with Gasteiger partial charge in [-0.3, -0.25) is 9.67 Å². The van der Waals surface area contributed by atoms with Crippen molar-refractivity contribution in [3.63, 3.8) is 0 Å². The van der Waals surface area contributed by atoms with Crippen LogP contribution < -0.4 is 10.6 Å². The Kier molecular flexibility index (Phi) is 9.92. The lowest BCUT2D eigenvalue weighted by atomic mass is 9.78. The lowest BCUT2D eigenvalue weighted by molar-refractivity contribution is -0.0823. The first-order valence-electron chi connectivity index (χ1n) is 9.53. The van der Waals surface area contributed by atoms with E-state index in [1.165, 1.54) is 12.0 Å². The Bertz CT molecular complexity index is 552. The first-order chi connectivity index (χ1) is 11.9. The second-order valence-corrected chi connectivity index (χ2v) is 7.99. The van der Waals surface area contributed by atoms with Crippen molar-refractivity contribution in [2.75, 3.05) is 26.2 Å². The first kappa shape index (κ1) is 23.2. The van der Waals surface area contributed by atoms with Crippen LogP contribution in [0.15, 0.2) is 17.4 Å². The van der Waals surface area contributed by atoms with Crippen LogP contribution in [0.3, 0.4) is 0 Å². The molecule has 0 aromatic carbocycles. The van der Waals surface area contributed by atoms with E-state index in [2.05, 4.69) is 56.5 Å². The zero-order valence-corrected chi connectivity index (χ0v) is 19.2. The maximum atomic E-state index is 6.07. The smallest absolute Gasteiger partial charge is 0.191 e. The van der Waals surface area contributed by atoms with Gasteiger partial charge in [-0.25, -0.2) is 0 Å². The molecule has 150 valence electrons. The third-order valence-corrected chi connectivity index (χ3v) is 4.52. The van der Waals surface area contributed by atoms with Crippen LogP contribution in [0, 0.1) is 18.3 Å². The van der Waals surface area contributed by atoms with Crippen LogP contribution in [-0.4, -0.2) is 48.1 Å². The number of guanidine groups is 1. The molecule has 1 aliphatic heterocycles. The Morgan fingerprint density at radius 3 is 2.77 bits per heavy atom. The topological polar surface area (TPSA) is 63.5 Å². The molecule has 26 heavy (non-hydrogen) atoms. The van der Waals surface area contributed by atoms with Crippen LogP contribution in [0.1, 0.15) is 46.1 Å². The van der Waals surface area contributed by atoms with E-state index in [0.29, 0.717) is 5.92 Å². The third-order valence-electron chi connectivity index (χ3n) is 4.52. The predicted molar refractivity (Wildman–Crippen MR) is 118 cm³/mol. The molecule has 0 aliphatic carbocycles. The number of ether oxygens (including phenoxy) is 1. The van der Waals surface area contributed by atoms with Gasteiger partial charge >= 0.3 is 0 Å². The fourth-order valence-corrected chi connectivity index (χ4v) is 3.42. The third kappa shape index (κ3) is 7.42. The molecule has 2 unspecified atom stereocenters. The molecular formula is C19H36IN5O. The summed E-state index contributed by atoms with van der Waals surface area (Å²) in [5, 5.41) is 11.1. The lowest BCUT2D eigenvalue weighted by Crippen LogP contribution is -2.43. The molecule has 2 rings (SSSR count). The number of hydrogen-bond acceptors (Lipinski definition) is 3. The minimum atomic E-state index is 0. The number of nitrogens with one attached hydrogen (secondary N) is 2. The van der Waals surface area contributed by atoms with Crippen molar-refractivity contribution in [2.45, 2.75) is 60.1 Å².